The summed E-state index contributed by atoms with van der Waals surface area (Å²) < 4.78 is 1.14. The first-order valence-corrected chi connectivity index (χ1v) is 6.89. The van der Waals surface area contributed by atoms with E-state index in [2.05, 4.69) is 54.4 Å². The molecule has 0 amide bonds. The topological polar surface area (TPSA) is 53.6 Å². The monoisotopic (exact) mass is 316 g/mol. The molecule has 2 N–H and O–H groups in total. The molecule has 2 aromatic heterocycles. The lowest BCUT2D eigenvalue weighted by atomic mass is 10.1. The number of aromatic amines is 1. The van der Waals surface area contributed by atoms with Crippen LogP contribution in [-0.2, 0) is 6.42 Å². The minimum absolute atomic E-state index is 0.833. The highest BCUT2D eigenvalue weighted by Gasteiger charge is 2.04. The van der Waals surface area contributed by atoms with Crippen molar-refractivity contribution in [3.8, 4) is 0 Å². The molecule has 19 heavy (non-hydrogen) atoms. The fourth-order valence-electron chi connectivity index (χ4n) is 2.03. The fourth-order valence-corrected chi connectivity index (χ4v) is 2.51. The van der Waals surface area contributed by atoms with E-state index in [-0.39, 0.29) is 0 Å². The third-order valence-electron chi connectivity index (χ3n) is 3.00. The van der Waals surface area contributed by atoms with Crippen LogP contribution in [-0.4, -0.2) is 21.5 Å². The number of aromatic nitrogens is 3. The maximum absolute atomic E-state index is 4.28. The van der Waals surface area contributed by atoms with Crippen molar-refractivity contribution in [2.24, 2.45) is 0 Å². The molecule has 0 saturated carbocycles. The van der Waals surface area contributed by atoms with Gasteiger partial charge in [-0.15, -0.1) is 0 Å². The summed E-state index contributed by atoms with van der Waals surface area (Å²) in [6.45, 7) is 0.833. The normalized spacial score (nSPS) is 10.8. The Morgan fingerprint density at radius 3 is 2.95 bits per heavy atom. The molecule has 0 spiro atoms. The van der Waals surface area contributed by atoms with Crippen molar-refractivity contribution in [1.82, 2.24) is 15.0 Å². The van der Waals surface area contributed by atoms with Gasteiger partial charge in [-0.1, -0.05) is 34.1 Å². The van der Waals surface area contributed by atoms with Gasteiger partial charge >= 0.3 is 0 Å². The lowest BCUT2D eigenvalue weighted by Crippen LogP contribution is -2.07. The van der Waals surface area contributed by atoms with Crippen LogP contribution in [0.5, 0.6) is 0 Å². The number of nitrogens with one attached hydrogen (secondary N) is 2. The molecule has 0 saturated heterocycles. The number of halogens is 1. The van der Waals surface area contributed by atoms with Gasteiger partial charge in [-0.05, 0) is 24.1 Å². The first kappa shape index (κ1) is 12.2. The van der Waals surface area contributed by atoms with Gasteiger partial charge in [0.2, 0.25) is 0 Å². The van der Waals surface area contributed by atoms with Crippen LogP contribution in [0, 0.1) is 0 Å². The lowest BCUT2D eigenvalue weighted by molar-refractivity contribution is 1.000. The predicted molar refractivity (Wildman–Crippen MR) is 80.2 cm³/mol. The van der Waals surface area contributed by atoms with E-state index < -0.39 is 0 Å². The van der Waals surface area contributed by atoms with E-state index in [0.717, 1.165) is 34.3 Å². The predicted octanol–water partition coefficient (Wildman–Crippen LogP) is 3.38. The van der Waals surface area contributed by atoms with Crippen molar-refractivity contribution in [2.75, 3.05) is 11.9 Å². The summed E-state index contributed by atoms with van der Waals surface area (Å²) in [5.41, 5.74) is 2.15. The highest BCUT2D eigenvalue weighted by molar-refractivity contribution is 9.10. The van der Waals surface area contributed by atoms with Crippen LogP contribution in [0.3, 0.4) is 0 Å². The van der Waals surface area contributed by atoms with Gasteiger partial charge in [0.25, 0.3) is 0 Å². The third-order valence-corrected chi connectivity index (χ3v) is 3.77. The fraction of sp³-hybridized carbons (Fsp3) is 0.143. The van der Waals surface area contributed by atoms with Crippen molar-refractivity contribution >= 4 is 32.8 Å². The summed E-state index contributed by atoms with van der Waals surface area (Å²) in [4.78, 5) is 11.5. The van der Waals surface area contributed by atoms with Crippen LogP contribution in [0.1, 0.15) is 5.56 Å². The second kappa shape index (κ2) is 5.40. The van der Waals surface area contributed by atoms with E-state index in [4.69, 9.17) is 0 Å². The number of fused-ring (bicyclic) bond motifs is 1. The van der Waals surface area contributed by atoms with E-state index in [9.17, 15) is 0 Å². The van der Waals surface area contributed by atoms with Gasteiger partial charge in [0.05, 0.1) is 5.39 Å². The molecular weight excluding hydrogens is 304 g/mol. The van der Waals surface area contributed by atoms with Crippen LogP contribution >= 0.6 is 15.9 Å². The zero-order chi connectivity index (χ0) is 13.1. The van der Waals surface area contributed by atoms with E-state index in [1.165, 1.54) is 5.56 Å². The summed E-state index contributed by atoms with van der Waals surface area (Å²) >= 11 is 3.56. The van der Waals surface area contributed by atoms with Crippen molar-refractivity contribution in [1.29, 1.82) is 0 Å². The molecule has 4 nitrogen and oxygen atoms in total. The Morgan fingerprint density at radius 2 is 2.05 bits per heavy atom. The summed E-state index contributed by atoms with van der Waals surface area (Å²) in [5.74, 6) is 0.873. The summed E-state index contributed by atoms with van der Waals surface area (Å²) in [7, 11) is 0. The quantitative estimate of drug-likeness (QED) is 0.776. The van der Waals surface area contributed by atoms with Crippen LogP contribution in [0.2, 0.25) is 0 Å². The van der Waals surface area contributed by atoms with Crippen LogP contribution < -0.4 is 5.32 Å². The summed E-state index contributed by atoms with van der Waals surface area (Å²) in [5, 5.41) is 4.38. The molecule has 1 aromatic carbocycles. The van der Waals surface area contributed by atoms with Crippen LogP contribution in [0.15, 0.2) is 47.3 Å². The molecule has 0 aliphatic carbocycles. The van der Waals surface area contributed by atoms with Crippen molar-refractivity contribution in [3.63, 3.8) is 0 Å². The molecule has 0 radical (unpaired) electrons. The molecule has 2 heterocycles. The van der Waals surface area contributed by atoms with Gasteiger partial charge in [-0.2, -0.15) is 0 Å². The van der Waals surface area contributed by atoms with Gasteiger partial charge in [0, 0.05) is 17.2 Å². The number of H-pyrrole nitrogens is 1. The van der Waals surface area contributed by atoms with E-state index in [1.54, 1.807) is 6.33 Å². The first-order valence-electron chi connectivity index (χ1n) is 6.10. The minimum Gasteiger partial charge on any atom is -0.369 e. The molecule has 0 bridgehead atoms. The van der Waals surface area contributed by atoms with Gasteiger partial charge in [0.15, 0.2) is 0 Å². The number of benzene rings is 1. The molecule has 3 rings (SSSR count). The van der Waals surface area contributed by atoms with E-state index in [0.29, 0.717) is 0 Å². The maximum Gasteiger partial charge on any atom is 0.142 e. The summed E-state index contributed by atoms with van der Waals surface area (Å²) in [6.07, 6.45) is 4.38. The van der Waals surface area contributed by atoms with Gasteiger partial charge < -0.3 is 10.3 Å². The second-order valence-corrected chi connectivity index (χ2v) is 5.08. The minimum atomic E-state index is 0.833. The van der Waals surface area contributed by atoms with Crippen LogP contribution in [0.4, 0.5) is 5.82 Å². The number of rotatable bonds is 4. The van der Waals surface area contributed by atoms with Gasteiger partial charge in [0.1, 0.15) is 17.8 Å². The van der Waals surface area contributed by atoms with Crippen LogP contribution in [0.25, 0.3) is 11.0 Å². The standard InChI is InChI=1S/C14H13BrN4/c15-12-4-2-1-3-10(12)5-7-16-13-11-6-8-17-14(11)19-9-18-13/h1-4,6,8-9H,5,7H2,(H2,16,17,18,19). The third kappa shape index (κ3) is 2.61. The molecule has 5 heteroatoms. The number of hydrogen-bond donors (Lipinski definition) is 2. The highest BCUT2D eigenvalue weighted by Crippen LogP contribution is 2.19. The Bertz CT molecular complexity index is 692. The Hall–Kier alpha value is -1.88. The zero-order valence-electron chi connectivity index (χ0n) is 10.2. The highest BCUT2D eigenvalue weighted by atomic mass is 79.9. The first-order chi connectivity index (χ1) is 9.34. The molecular formula is C14H13BrN4. The number of hydrogen-bond acceptors (Lipinski definition) is 3. The molecule has 0 aliphatic heterocycles. The Balaban J connectivity index is 1.70. The second-order valence-electron chi connectivity index (χ2n) is 4.23. The largest absolute Gasteiger partial charge is 0.369 e. The Labute approximate surface area is 119 Å². The molecule has 0 unspecified atom stereocenters. The average molecular weight is 317 g/mol. The van der Waals surface area contributed by atoms with Crippen molar-refractivity contribution in [3.05, 3.63) is 52.9 Å². The molecule has 0 aliphatic rings. The van der Waals surface area contributed by atoms with E-state index >= 15 is 0 Å². The zero-order valence-corrected chi connectivity index (χ0v) is 11.8. The van der Waals surface area contributed by atoms with E-state index in [1.807, 2.05) is 18.3 Å². The Kier molecular flexibility index (Phi) is 3.46. The number of anilines is 1. The Morgan fingerprint density at radius 1 is 1.16 bits per heavy atom. The maximum atomic E-state index is 4.28. The number of nitrogens with zero attached hydrogens (tertiary/aromatic N) is 2. The molecule has 3 aromatic rings. The van der Waals surface area contributed by atoms with Crippen molar-refractivity contribution < 1.29 is 0 Å². The van der Waals surface area contributed by atoms with Crippen molar-refractivity contribution in [2.45, 2.75) is 6.42 Å². The molecule has 0 atom stereocenters. The van der Waals surface area contributed by atoms with Gasteiger partial charge in [-0.3, -0.25) is 0 Å². The average Bonchev–Trinajstić information content (AvgIpc) is 2.90. The summed E-state index contributed by atoms with van der Waals surface area (Å²) in [6, 6.07) is 10.2. The SMILES string of the molecule is Brc1ccccc1CCNc1ncnc2[nH]ccc12. The smallest absolute Gasteiger partial charge is 0.142 e. The van der Waals surface area contributed by atoms with Gasteiger partial charge in [-0.25, -0.2) is 9.97 Å². The molecule has 0 fully saturated rings. The lowest BCUT2D eigenvalue weighted by Gasteiger charge is -2.07. The molecule has 96 valence electrons.